The molecular weight excluding hydrogens is 466 g/mol. The van der Waals surface area contributed by atoms with E-state index < -0.39 is 52.8 Å². The molecule has 3 atom stereocenters. The highest BCUT2D eigenvalue weighted by atomic mass is 79.9. The molecule has 1 rings (SSSR count). The summed E-state index contributed by atoms with van der Waals surface area (Å²) < 4.78 is 75.1. The Balaban J connectivity index is 3.31. The first-order valence-corrected chi connectivity index (χ1v) is 10.7. The van der Waals surface area contributed by atoms with Crippen LogP contribution in [0.4, 0.5) is 17.6 Å². The molecule has 1 aliphatic rings. The Morgan fingerprint density at radius 1 is 1.39 bits per heavy atom. The number of hydrogen-bond acceptors (Lipinski definition) is 4. The number of alkyl halides is 4. The Bertz CT molecular complexity index is 656. The van der Waals surface area contributed by atoms with Crippen molar-refractivity contribution in [2.24, 2.45) is 10.3 Å². The average Bonchev–Trinajstić information content (AvgIpc) is 2.54. The Morgan fingerprint density at radius 3 is 2.50 bits per heavy atom. The van der Waals surface area contributed by atoms with E-state index in [4.69, 9.17) is 0 Å². The minimum absolute atomic E-state index is 0.0416. The molecule has 0 saturated heterocycles. The Labute approximate surface area is 173 Å². The van der Waals surface area contributed by atoms with Crippen LogP contribution in [0.5, 0.6) is 0 Å². The highest BCUT2D eigenvalue weighted by molar-refractivity contribution is 9.09. The topological polar surface area (TPSA) is 61.7 Å². The molecule has 0 aromatic rings. The van der Waals surface area contributed by atoms with Crippen molar-refractivity contribution >= 4 is 39.0 Å². The van der Waals surface area contributed by atoms with Crippen molar-refractivity contribution in [3.63, 3.8) is 0 Å². The Morgan fingerprint density at radius 2 is 2.00 bits per heavy atom. The molecule has 3 unspecified atom stereocenters. The van der Waals surface area contributed by atoms with Crippen molar-refractivity contribution in [3.8, 4) is 0 Å². The molecule has 10 heteroatoms. The van der Waals surface area contributed by atoms with Gasteiger partial charge in [-0.3, -0.25) is 4.79 Å². The van der Waals surface area contributed by atoms with Crippen LogP contribution in [0, 0.1) is 5.92 Å². The van der Waals surface area contributed by atoms with Crippen LogP contribution in [0.1, 0.15) is 47.0 Å². The minimum Gasteiger partial charge on any atom is -0.591 e. The van der Waals surface area contributed by atoms with Crippen LogP contribution in [0.15, 0.2) is 27.9 Å². The number of hydrogen-bond donors (Lipinski definition) is 0. The number of rotatable bonds is 7. The van der Waals surface area contributed by atoms with Gasteiger partial charge in [-0.1, -0.05) is 26.4 Å². The summed E-state index contributed by atoms with van der Waals surface area (Å²) in [4.78, 5) is 11.3. The minimum atomic E-state index is -4.73. The molecule has 0 radical (unpaired) electrons. The fraction of sp³-hybridized carbons (Fsp3) is 0.667. The monoisotopic (exact) mass is 489 g/mol. The number of carbonyl (C=O) groups excluding carboxylic acids is 1. The molecule has 0 bridgehead atoms. The van der Waals surface area contributed by atoms with E-state index in [1.165, 1.54) is 13.0 Å². The first-order chi connectivity index (χ1) is 12.8. The first-order valence-electron chi connectivity index (χ1n) is 8.68. The number of halogens is 5. The third-order valence-corrected chi connectivity index (χ3v) is 5.89. The summed E-state index contributed by atoms with van der Waals surface area (Å²) in [5, 5.41) is 0. The second kappa shape index (κ2) is 10.2. The van der Waals surface area contributed by atoms with Gasteiger partial charge in [0.15, 0.2) is 0 Å². The fourth-order valence-electron chi connectivity index (χ4n) is 2.32. The van der Waals surface area contributed by atoms with Crippen molar-refractivity contribution in [3.05, 3.63) is 23.6 Å². The van der Waals surface area contributed by atoms with Crippen molar-refractivity contribution in [2.75, 3.05) is 6.61 Å². The largest absolute Gasteiger partial charge is 0.591 e. The third kappa shape index (κ3) is 7.87. The summed E-state index contributed by atoms with van der Waals surface area (Å²) in [5.41, 5.74) is -0.286. The van der Waals surface area contributed by atoms with Crippen molar-refractivity contribution < 1.29 is 31.6 Å². The van der Waals surface area contributed by atoms with Crippen LogP contribution in [0.25, 0.3) is 0 Å². The number of nitrogens with zero attached hydrogens (tertiary/aromatic N) is 1. The Kier molecular flexibility index (Phi) is 9.21. The molecule has 160 valence electrons. The number of ether oxygens (including phenoxy) is 1. The second-order valence-corrected chi connectivity index (χ2v) is 10.3. The number of carbonyl (C=O) groups is 1. The molecule has 1 aliphatic carbocycles. The zero-order valence-corrected chi connectivity index (χ0v) is 18.5. The van der Waals surface area contributed by atoms with E-state index >= 15 is 0 Å². The van der Waals surface area contributed by atoms with E-state index in [-0.39, 0.29) is 29.1 Å². The molecule has 0 amide bonds. The zero-order valence-electron chi connectivity index (χ0n) is 16.1. The summed E-state index contributed by atoms with van der Waals surface area (Å²) in [7, 11) is 0. The summed E-state index contributed by atoms with van der Waals surface area (Å²) in [6, 6.07) is 0. The maximum atomic E-state index is 14.4. The van der Waals surface area contributed by atoms with Gasteiger partial charge in [-0.25, -0.2) is 4.39 Å². The van der Waals surface area contributed by atoms with Crippen LogP contribution in [-0.4, -0.2) is 38.6 Å². The SMILES string of the molecule is CCOC(=O)CC(C/C(=N/[S+]([O-])C(C)(C)C)C1=C(F)C=CC(Br)C1)C(F)(F)F. The normalized spacial score (nSPS) is 20.9. The van der Waals surface area contributed by atoms with E-state index in [1.54, 1.807) is 20.8 Å². The first kappa shape index (κ1) is 25.2. The van der Waals surface area contributed by atoms with Crippen LogP contribution < -0.4 is 0 Å². The van der Waals surface area contributed by atoms with Crippen molar-refractivity contribution in [1.29, 1.82) is 0 Å². The highest BCUT2D eigenvalue weighted by Gasteiger charge is 2.43. The average molecular weight is 490 g/mol. The lowest BCUT2D eigenvalue weighted by Gasteiger charge is -2.25. The molecule has 0 fully saturated rings. The molecule has 0 saturated carbocycles. The van der Waals surface area contributed by atoms with Crippen LogP contribution >= 0.6 is 15.9 Å². The summed E-state index contributed by atoms with van der Waals surface area (Å²) in [5.74, 6) is -3.85. The molecule has 28 heavy (non-hydrogen) atoms. The fourth-order valence-corrected chi connectivity index (χ4v) is 3.45. The van der Waals surface area contributed by atoms with E-state index in [9.17, 15) is 26.9 Å². The summed E-state index contributed by atoms with van der Waals surface area (Å²) in [6.45, 7) is 6.29. The molecule has 0 N–H and O–H groups in total. The quantitative estimate of drug-likeness (QED) is 0.159. The van der Waals surface area contributed by atoms with Gasteiger partial charge in [-0.15, -0.1) is 0 Å². The van der Waals surface area contributed by atoms with Crippen LogP contribution in [0.3, 0.4) is 0 Å². The molecule has 0 aliphatic heterocycles. The standard InChI is InChI=1S/C18H24BrF4NO3S/c1-5-27-16(25)9-11(18(21,22)23)8-15(24-28(26)17(2,3)4)13-10-12(19)6-7-14(13)20/h6-7,11-12H,5,8-10H2,1-4H3/b24-15-. The van der Waals surface area contributed by atoms with Gasteiger partial charge in [0.25, 0.3) is 0 Å². The van der Waals surface area contributed by atoms with Crippen LogP contribution in [0.2, 0.25) is 0 Å². The molecule has 0 aromatic carbocycles. The van der Waals surface area contributed by atoms with E-state index in [1.807, 2.05) is 0 Å². The molecular formula is C18H24BrF4NO3S. The van der Waals surface area contributed by atoms with Crippen LogP contribution in [-0.2, 0) is 20.9 Å². The van der Waals surface area contributed by atoms with E-state index in [0.29, 0.717) is 0 Å². The van der Waals surface area contributed by atoms with Gasteiger partial charge in [0.05, 0.1) is 24.7 Å². The zero-order chi connectivity index (χ0) is 21.7. The van der Waals surface area contributed by atoms with E-state index in [2.05, 4.69) is 25.1 Å². The Hall–Kier alpha value is -0.870. The highest BCUT2D eigenvalue weighted by Crippen LogP contribution is 2.36. The molecule has 4 nitrogen and oxygen atoms in total. The predicted octanol–water partition coefficient (Wildman–Crippen LogP) is 5.36. The van der Waals surface area contributed by atoms with Gasteiger partial charge in [0.1, 0.15) is 21.9 Å². The maximum Gasteiger partial charge on any atom is 0.392 e. The van der Waals surface area contributed by atoms with E-state index in [0.717, 1.165) is 6.08 Å². The van der Waals surface area contributed by atoms with Crippen molar-refractivity contribution in [1.82, 2.24) is 0 Å². The number of allylic oxidation sites excluding steroid dienone is 4. The molecule has 0 spiro atoms. The predicted molar refractivity (Wildman–Crippen MR) is 105 cm³/mol. The summed E-state index contributed by atoms with van der Waals surface area (Å²) >= 11 is 1.39. The van der Waals surface area contributed by atoms with Gasteiger partial charge in [-0.2, -0.15) is 13.2 Å². The lowest BCUT2D eigenvalue weighted by atomic mass is 9.90. The third-order valence-electron chi connectivity index (χ3n) is 3.83. The van der Waals surface area contributed by atoms with Crippen molar-refractivity contribution in [2.45, 2.75) is 62.7 Å². The molecule has 0 aromatic heterocycles. The van der Waals surface area contributed by atoms with Gasteiger partial charge in [-0.05, 0) is 40.2 Å². The smallest absolute Gasteiger partial charge is 0.392 e. The second-order valence-electron chi connectivity index (χ2n) is 7.26. The lowest BCUT2D eigenvalue weighted by Crippen LogP contribution is -2.32. The lowest BCUT2D eigenvalue weighted by molar-refractivity contribution is -0.182. The summed E-state index contributed by atoms with van der Waals surface area (Å²) in [6.07, 6.45) is -3.68. The maximum absolute atomic E-state index is 14.4. The van der Waals surface area contributed by atoms with Gasteiger partial charge in [0, 0.05) is 16.8 Å². The van der Waals surface area contributed by atoms with Gasteiger partial charge >= 0.3 is 12.1 Å². The number of esters is 1. The molecule has 0 heterocycles. The van der Waals surface area contributed by atoms with Gasteiger partial charge < -0.3 is 9.29 Å². The van der Waals surface area contributed by atoms with Gasteiger partial charge in [0.2, 0.25) is 0 Å².